The molecule has 0 aliphatic carbocycles. The van der Waals surface area contributed by atoms with Crippen LogP contribution in [0.1, 0.15) is 41.7 Å². The van der Waals surface area contributed by atoms with Gasteiger partial charge in [0.1, 0.15) is 17.4 Å². The molecule has 0 N–H and O–H groups in total. The molecule has 1 fully saturated rings. The minimum absolute atomic E-state index is 0.193. The van der Waals surface area contributed by atoms with Crippen molar-refractivity contribution in [1.29, 1.82) is 0 Å². The predicted molar refractivity (Wildman–Crippen MR) is 93.7 cm³/mol. The van der Waals surface area contributed by atoms with Gasteiger partial charge in [-0.05, 0) is 43.9 Å². The largest absolute Gasteiger partial charge is 0.493 e. The van der Waals surface area contributed by atoms with Gasteiger partial charge in [-0.3, -0.25) is 4.79 Å². The third-order valence-corrected chi connectivity index (χ3v) is 5.11. The van der Waals surface area contributed by atoms with Crippen molar-refractivity contribution >= 4 is 5.91 Å². The van der Waals surface area contributed by atoms with Crippen molar-refractivity contribution in [3.05, 3.63) is 41.0 Å². The Balaban J connectivity index is 1.44. The predicted octanol–water partition coefficient (Wildman–Crippen LogP) is 2.24. The second-order valence-corrected chi connectivity index (χ2v) is 7.00. The zero-order chi connectivity index (χ0) is 17.4. The van der Waals surface area contributed by atoms with E-state index in [1.54, 1.807) is 0 Å². The van der Waals surface area contributed by atoms with Crippen LogP contribution >= 0.6 is 0 Å². The number of fused-ring (bicyclic) bond motifs is 1. The summed E-state index contributed by atoms with van der Waals surface area (Å²) in [6.45, 7) is 6.18. The second-order valence-electron chi connectivity index (χ2n) is 7.00. The molecule has 0 spiro atoms. The van der Waals surface area contributed by atoms with E-state index in [1.165, 1.54) is 5.56 Å². The molecule has 3 heterocycles. The average Bonchev–Trinajstić information content (AvgIpc) is 3.20. The van der Waals surface area contributed by atoms with Crippen LogP contribution in [0, 0.1) is 13.8 Å². The van der Waals surface area contributed by atoms with E-state index in [-0.39, 0.29) is 11.9 Å². The van der Waals surface area contributed by atoms with Gasteiger partial charge in [-0.1, -0.05) is 12.1 Å². The third kappa shape index (κ3) is 3.25. The number of nitrogens with zero attached hydrogens (tertiary/aromatic N) is 4. The van der Waals surface area contributed by atoms with Gasteiger partial charge in [-0.25, -0.2) is 9.67 Å². The van der Waals surface area contributed by atoms with Crippen LogP contribution < -0.4 is 4.74 Å². The summed E-state index contributed by atoms with van der Waals surface area (Å²) in [6, 6.07) is 6.35. The van der Waals surface area contributed by atoms with Gasteiger partial charge < -0.3 is 9.64 Å². The molecule has 1 aromatic carbocycles. The molecule has 6 heteroatoms. The molecule has 2 aromatic rings. The molecular formula is C19H24N4O2. The number of carbonyl (C=O) groups excluding carboxylic acids is 1. The van der Waals surface area contributed by atoms with Crippen molar-refractivity contribution in [1.82, 2.24) is 19.7 Å². The molecule has 1 saturated heterocycles. The highest BCUT2D eigenvalue weighted by molar-refractivity contribution is 5.79. The second kappa shape index (κ2) is 6.50. The van der Waals surface area contributed by atoms with Crippen LogP contribution in [-0.4, -0.2) is 45.3 Å². The normalized spacial score (nSPS) is 19.6. The van der Waals surface area contributed by atoms with Crippen LogP contribution in [-0.2, 0) is 17.6 Å². The number of benzene rings is 1. The zero-order valence-corrected chi connectivity index (χ0v) is 14.9. The number of hydrogen-bond donors (Lipinski definition) is 0. The van der Waals surface area contributed by atoms with Gasteiger partial charge in [0.15, 0.2) is 0 Å². The van der Waals surface area contributed by atoms with E-state index in [4.69, 9.17) is 4.74 Å². The summed E-state index contributed by atoms with van der Waals surface area (Å²) < 4.78 is 7.53. The lowest BCUT2D eigenvalue weighted by Gasteiger charge is -2.33. The monoisotopic (exact) mass is 340 g/mol. The Bertz CT molecular complexity index is 799. The van der Waals surface area contributed by atoms with Gasteiger partial charge in [0, 0.05) is 19.5 Å². The van der Waals surface area contributed by atoms with Crippen molar-refractivity contribution in [2.24, 2.45) is 0 Å². The van der Waals surface area contributed by atoms with Gasteiger partial charge in [-0.2, -0.15) is 5.10 Å². The van der Waals surface area contributed by atoms with Crippen LogP contribution in [0.2, 0.25) is 0 Å². The standard InChI is InChI=1S/C19H24N4O2/c1-13-20-14(2)23(21-13)17-4-3-8-22(12-17)19(24)11-15-5-6-18-16(10-15)7-9-25-18/h5-6,10,17H,3-4,7-9,11-12H2,1-2H3/t17-/m0/s1. The first-order valence-corrected chi connectivity index (χ1v) is 9.02. The zero-order valence-electron chi connectivity index (χ0n) is 14.9. The van der Waals surface area contributed by atoms with Crippen molar-refractivity contribution in [2.45, 2.75) is 45.6 Å². The Kier molecular flexibility index (Phi) is 4.19. The van der Waals surface area contributed by atoms with E-state index in [9.17, 15) is 4.79 Å². The lowest BCUT2D eigenvalue weighted by molar-refractivity contribution is -0.132. The number of carbonyl (C=O) groups is 1. The maximum absolute atomic E-state index is 12.8. The van der Waals surface area contributed by atoms with E-state index in [2.05, 4.69) is 16.1 Å². The third-order valence-electron chi connectivity index (χ3n) is 5.11. The Morgan fingerprint density at radius 3 is 3.04 bits per heavy atom. The van der Waals surface area contributed by atoms with Crippen molar-refractivity contribution in [3.8, 4) is 5.75 Å². The molecule has 1 atom stereocenters. The molecule has 2 aliphatic rings. The number of aryl methyl sites for hydroxylation is 2. The van der Waals surface area contributed by atoms with E-state index < -0.39 is 0 Å². The van der Waals surface area contributed by atoms with Gasteiger partial charge in [0.2, 0.25) is 5.91 Å². The number of rotatable bonds is 3. The summed E-state index contributed by atoms with van der Waals surface area (Å²) in [5, 5.41) is 4.50. The van der Waals surface area contributed by atoms with Crippen LogP contribution in [0.25, 0.3) is 0 Å². The molecular weight excluding hydrogens is 316 g/mol. The number of likely N-dealkylation sites (tertiary alicyclic amines) is 1. The minimum Gasteiger partial charge on any atom is -0.493 e. The highest BCUT2D eigenvalue weighted by Crippen LogP contribution is 2.27. The van der Waals surface area contributed by atoms with Gasteiger partial charge in [0.05, 0.1) is 19.1 Å². The highest BCUT2D eigenvalue weighted by Gasteiger charge is 2.26. The molecule has 0 bridgehead atoms. The number of piperidine rings is 1. The first kappa shape index (κ1) is 16.1. The fraction of sp³-hybridized carbons (Fsp3) is 0.526. The van der Waals surface area contributed by atoms with Crippen LogP contribution in [0.5, 0.6) is 5.75 Å². The van der Waals surface area contributed by atoms with Gasteiger partial charge >= 0.3 is 0 Å². The van der Waals surface area contributed by atoms with Crippen LogP contribution in [0.4, 0.5) is 0 Å². The maximum atomic E-state index is 12.8. The molecule has 2 aliphatic heterocycles. The van der Waals surface area contributed by atoms with E-state index in [0.717, 1.165) is 61.9 Å². The van der Waals surface area contributed by atoms with Crippen molar-refractivity contribution < 1.29 is 9.53 Å². The molecule has 25 heavy (non-hydrogen) atoms. The number of aromatic nitrogens is 3. The molecule has 132 valence electrons. The van der Waals surface area contributed by atoms with Gasteiger partial charge in [0.25, 0.3) is 0 Å². The number of amides is 1. The Morgan fingerprint density at radius 2 is 2.24 bits per heavy atom. The van der Waals surface area contributed by atoms with Crippen molar-refractivity contribution in [3.63, 3.8) is 0 Å². The lowest BCUT2D eigenvalue weighted by Crippen LogP contribution is -2.41. The Morgan fingerprint density at radius 1 is 1.36 bits per heavy atom. The summed E-state index contributed by atoms with van der Waals surface area (Å²) in [5.74, 6) is 2.88. The topological polar surface area (TPSA) is 60.2 Å². The molecule has 0 radical (unpaired) electrons. The van der Waals surface area contributed by atoms with Crippen molar-refractivity contribution in [2.75, 3.05) is 19.7 Å². The van der Waals surface area contributed by atoms with Gasteiger partial charge in [-0.15, -0.1) is 0 Å². The molecule has 1 aromatic heterocycles. The Labute approximate surface area is 147 Å². The number of hydrogen-bond acceptors (Lipinski definition) is 4. The molecule has 0 unspecified atom stereocenters. The maximum Gasteiger partial charge on any atom is 0.227 e. The summed E-state index contributed by atoms with van der Waals surface area (Å²) in [6.07, 6.45) is 3.44. The van der Waals surface area contributed by atoms with E-state index in [0.29, 0.717) is 6.42 Å². The molecule has 4 rings (SSSR count). The fourth-order valence-corrected chi connectivity index (χ4v) is 3.90. The first-order valence-electron chi connectivity index (χ1n) is 9.02. The molecule has 0 saturated carbocycles. The summed E-state index contributed by atoms with van der Waals surface area (Å²) in [4.78, 5) is 19.2. The van der Waals surface area contributed by atoms with Crippen LogP contribution in [0.15, 0.2) is 18.2 Å². The Hall–Kier alpha value is -2.37. The summed E-state index contributed by atoms with van der Waals surface area (Å²) in [7, 11) is 0. The SMILES string of the molecule is Cc1nc(C)n([C@H]2CCCN(C(=O)Cc3ccc4c(c3)CCO4)C2)n1. The summed E-state index contributed by atoms with van der Waals surface area (Å²) >= 11 is 0. The number of ether oxygens (including phenoxy) is 1. The van der Waals surface area contributed by atoms with E-state index >= 15 is 0 Å². The van der Waals surface area contributed by atoms with Crippen LogP contribution in [0.3, 0.4) is 0 Å². The van der Waals surface area contributed by atoms with E-state index in [1.807, 2.05) is 35.6 Å². The average molecular weight is 340 g/mol. The fourth-order valence-electron chi connectivity index (χ4n) is 3.90. The highest BCUT2D eigenvalue weighted by atomic mass is 16.5. The lowest BCUT2D eigenvalue weighted by atomic mass is 10.0. The molecule has 6 nitrogen and oxygen atoms in total. The first-order chi connectivity index (χ1) is 12.1. The minimum atomic E-state index is 0.193. The summed E-state index contributed by atoms with van der Waals surface area (Å²) in [5.41, 5.74) is 2.29. The molecule has 1 amide bonds. The smallest absolute Gasteiger partial charge is 0.227 e. The quantitative estimate of drug-likeness (QED) is 0.860.